The van der Waals surface area contributed by atoms with Crippen LogP contribution in [0.5, 0.6) is 0 Å². The first-order chi connectivity index (χ1) is 15.6. The summed E-state index contributed by atoms with van der Waals surface area (Å²) in [5, 5.41) is 2.34. The highest BCUT2D eigenvalue weighted by Crippen LogP contribution is 2.27. The largest absolute Gasteiger partial charge is 0.338 e. The molecule has 2 aromatic rings. The molecule has 150 valence electrons. The van der Waals surface area contributed by atoms with Crippen molar-refractivity contribution in [1.29, 1.82) is 0 Å². The summed E-state index contributed by atoms with van der Waals surface area (Å²) in [6.07, 6.45) is -2.58. The van der Waals surface area contributed by atoms with Gasteiger partial charge in [0.15, 0.2) is 0 Å². The number of hydrogen-bond acceptors (Lipinski definition) is 4. The second-order valence-electron chi connectivity index (χ2n) is 6.24. The number of likely N-dealkylation sites (tertiary alicyclic amines) is 1. The number of amides is 1. The van der Waals surface area contributed by atoms with Crippen molar-refractivity contribution < 1.29 is 21.8 Å². The standard InChI is InChI=1S/C20H23ClF2N4O/c1-2-14-10-25-18(26-11-14)12-24-13-20(23)5-7-27(8-6-20)19(28)15-3-4-17(22)16(21)9-15/h3-4,9-11,24H,2,5-8,12-13H2,1H3/i2D2,5D2,8D2. The van der Waals surface area contributed by atoms with E-state index in [1.165, 1.54) is 19.3 Å². The smallest absolute Gasteiger partial charge is 0.253 e. The van der Waals surface area contributed by atoms with Gasteiger partial charge >= 0.3 is 0 Å². The van der Waals surface area contributed by atoms with Crippen molar-refractivity contribution in [2.75, 3.05) is 19.6 Å². The van der Waals surface area contributed by atoms with Gasteiger partial charge in [0.05, 0.1) is 11.6 Å². The minimum atomic E-state index is -2.67. The van der Waals surface area contributed by atoms with Crippen LogP contribution in [0.4, 0.5) is 8.78 Å². The molecule has 1 amide bonds. The fourth-order valence-electron chi connectivity index (χ4n) is 2.56. The molecule has 1 aromatic heterocycles. The van der Waals surface area contributed by atoms with E-state index < -0.39 is 56.1 Å². The third-order valence-electron chi connectivity index (χ3n) is 4.20. The SMILES string of the molecule is [2H]C([2H])(C)c1cnc(CNCC2(F)CC([2H])([2H])N(C(=O)c3ccc(F)c(Cl)c3)CC2([2H])[2H])nc1. The van der Waals surface area contributed by atoms with E-state index in [-0.39, 0.29) is 28.5 Å². The van der Waals surface area contributed by atoms with Crippen LogP contribution in [0.3, 0.4) is 0 Å². The number of halogens is 3. The summed E-state index contributed by atoms with van der Waals surface area (Å²) >= 11 is 5.70. The number of aromatic nitrogens is 2. The summed E-state index contributed by atoms with van der Waals surface area (Å²) in [6, 6.07) is 3.05. The molecule has 0 aliphatic carbocycles. The lowest BCUT2D eigenvalue weighted by Gasteiger charge is -2.36. The molecule has 0 bridgehead atoms. The van der Waals surface area contributed by atoms with Gasteiger partial charge in [0.2, 0.25) is 0 Å². The summed E-state index contributed by atoms with van der Waals surface area (Å²) in [7, 11) is 0. The molecule has 0 spiro atoms. The quantitative estimate of drug-likeness (QED) is 0.785. The van der Waals surface area contributed by atoms with Crippen molar-refractivity contribution in [1.82, 2.24) is 20.2 Å². The summed E-state index contributed by atoms with van der Waals surface area (Å²) in [5.41, 5.74) is -2.55. The van der Waals surface area contributed by atoms with Crippen LogP contribution in [0.15, 0.2) is 30.6 Å². The lowest BCUT2D eigenvalue weighted by molar-refractivity contribution is 0.0434. The minimum absolute atomic E-state index is 0.0610. The molecule has 0 radical (unpaired) electrons. The van der Waals surface area contributed by atoms with Gasteiger partial charge in [0.25, 0.3) is 5.91 Å². The van der Waals surface area contributed by atoms with Gasteiger partial charge in [-0.25, -0.2) is 18.7 Å². The van der Waals surface area contributed by atoms with Crippen LogP contribution in [0, 0.1) is 5.82 Å². The van der Waals surface area contributed by atoms with E-state index in [0.29, 0.717) is 4.90 Å². The first-order valence-corrected chi connectivity index (χ1v) is 8.92. The van der Waals surface area contributed by atoms with E-state index in [9.17, 15) is 9.18 Å². The van der Waals surface area contributed by atoms with Gasteiger partial charge in [-0.3, -0.25) is 4.79 Å². The van der Waals surface area contributed by atoms with Gasteiger partial charge in [-0.15, -0.1) is 0 Å². The molecule has 1 aromatic carbocycles. The highest BCUT2D eigenvalue weighted by molar-refractivity contribution is 6.31. The predicted molar refractivity (Wildman–Crippen MR) is 104 cm³/mol. The zero-order valence-corrected chi connectivity index (χ0v) is 15.9. The normalized spacial score (nSPS) is 26.9. The van der Waals surface area contributed by atoms with E-state index >= 15 is 4.39 Å². The lowest BCUT2D eigenvalue weighted by Crippen LogP contribution is -2.48. The summed E-state index contributed by atoms with van der Waals surface area (Å²) in [6.45, 7) is -2.69. The van der Waals surface area contributed by atoms with Crippen molar-refractivity contribution >= 4 is 17.5 Å². The number of piperidine rings is 1. The molecule has 3 rings (SSSR count). The van der Waals surface area contributed by atoms with E-state index in [1.54, 1.807) is 0 Å². The third kappa shape index (κ3) is 5.02. The number of benzene rings is 1. The average Bonchev–Trinajstić information content (AvgIpc) is 2.72. The maximum atomic E-state index is 15.7. The molecule has 1 unspecified atom stereocenters. The van der Waals surface area contributed by atoms with Crippen LogP contribution in [0.2, 0.25) is 5.02 Å². The average molecular weight is 415 g/mol. The van der Waals surface area contributed by atoms with Crippen LogP contribution in [-0.2, 0) is 12.9 Å². The molecule has 28 heavy (non-hydrogen) atoms. The molecule has 5 nitrogen and oxygen atoms in total. The molecular formula is C20H23ClF2N4O. The zero-order chi connectivity index (χ0) is 25.5. The second kappa shape index (κ2) is 8.92. The monoisotopic (exact) mass is 414 g/mol. The van der Waals surface area contributed by atoms with Crippen LogP contribution in [0.1, 0.15) is 49.7 Å². The first-order valence-electron chi connectivity index (χ1n) is 11.5. The molecule has 1 aliphatic rings. The lowest BCUT2D eigenvalue weighted by atomic mass is 9.92. The fraction of sp³-hybridized carbons (Fsp3) is 0.450. The topological polar surface area (TPSA) is 58.1 Å². The Bertz CT molecular complexity index is 1070. The highest BCUT2D eigenvalue weighted by Gasteiger charge is 2.36. The number of aryl methyl sites for hydroxylation is 1. The van der Waals surface area contributed by atoms with Crippen LogP contribution >= 0.6 is 11.6 Å². The number of nitrogens with zero attached hydrogens (tertiary/aromatic N) is 3. The minimum Gasteiger partial charge on any atom is -0.338 e. The number of nitrogens with one attached hydrogen (secondary N) is 1. The van der Waals surface area contributed by atoms with Crippen molar-refractivity contribution in [3.63, 3.8) is 0 Å². The molecule has 1 N–H and O–H groups in total. The van der Waals surface area contributed by atoms with Gasteiger partial charge in [0.1, 0.15) is 17.3 Å². The Morgan fingerprint density at radius 3 is 2.89 bits per heavy atom. The van der Waals surface area contributed by atoms with Crippen molar-refractivity contribution in [2.24, 2.45) is 0 Å². The molecule has 2 heterocycles. The molecule has 0 saturated carbocycles. The zero-order valence-electron chi connectivity index (χ0n) is 21.1. The Kier molecular flexibility index (Phi) is 4.45. The Morgan fingerprint density at radius 2 is 2.21 bits per heavy atom. The summed E-state index contributed by atoms with van der Waals surface area (Å²) in [4.78, 5) is 21.4. The number of hydrogen-bond donors (Lipinski definition) is 1. The Hall–Kier alpha value is -2.12. The Labute approximate surface area is 176 Å². The summed E-state index contributed by atoms with van der Waals surface area (Å²) in [5.74, 6) is -1.48. The number of carbonyl (C=O) groups is 1. The van der Waals surface area contributed by atoms with Crippen LogP contribution in [0.25, 0.3) is 0 Å². The van der Waals surface area contributed by atoms with Gasteiger partial charge in [0, 0.05) is 58.6 Å². The number of carbonyl (C=O) groups excluding carboxylic acids is 1. The first kappa shape index (κ1) is 14.0. The van der Waals surface area contributed by atoms with Gasteiger partial charge in [-0.2, -0.15) is 0 Å². The molecule has 8 heteroatoms. The van der Waals surface area contributed by atoms with E-state index in [2.05, 4.69) is 15.3 Å². The van der Waals surface area contributed by atoms with Crippen LogP contribution in [-0.4, -0.2) is 46.0 Å². The van der Waals surface area contributed by atoms with Gasteiger partial charge in [-0.05, 0) is 30.1 Å². The molecule has 1 saturated heterocycles. The predicted octanol–water partition coefficient (Wildman–Crippen LogP) is 3.57. The van der Waals surface area contributed by atoms with E-state index in [0.717, 1.165) is 18.2 Å². The maximum absolute atomic E-state index is 15.7. The Balaban J connectivity index is 1.71. The highest BCUT2D eigenvalue weighted by atomic mass is 35.5. The van der Waals surface area contributed by atoms with Gasteiger partial charge in [-0.1, -0.05) is 18.5 Å². The van der Waals surface area contributed by atoms with Crippen molar-refractivity contribution in [3.05, 3.63) is 58.4 Å². The summed E-state index contributed by atoms with van der Waals surface area (Å²) < 4.78 is 77.4. The third-order valence-corrected chi connectivity index (χ3v) is 4.49. The van der Waals surface area contributed by atoms with E-state index in [4.69, 9.17) is 19.8 Å². The Morgan fingerprint density at radius 1 is 1.46 bits per heavy atom. The molecule has 1 aliphatic heterocycles. The maximum Gasteiger partial charge on any atom is 0.253 e. The van der Waals surface area contributed by atoms with Crippen molar-refractivity contribution in [3.8, 4) is 0 Å². The van der Waals surface area contributed by atoms with Crippen LogP contribution < -0.4 is 5.32 Å². The number of alkyl halides is 1. The fourth-order valence-corrected chi connectivity index (χ4v) is 2.74. The molecular weight excluding hydrogens is 386 g/mol. The van der Waals surface area contributed by atoms with Gasteiger partial charge < -0.3 is 10.2 Å². The number of rotatable bonds is 6. The molecule has 1 fully saturated rings. The van der Waals surface area contributed by atoms with Crippen molar-refractivity contribution in [2.45, 2.75) is 38.3 Å². The molecule has 1 atom stereocenters. The van der Waals surface area contributed by atoms with E-state index in [1.807, 2.05) is 0 Å². The second-order valence-corrected chi connectivity index (χ2v) is 6.65.